The van der Waals surface area contributed by atoms with Crippen LogP contribution in [-0.2, 0) is 25.0 Å². The summed E-state index contributed by atoms with van der Waals surface area (Å²) in [5.41, 5.74) is 5.23. The number of hydrogen-bond donors (Lipinski definition) is 0. The normalized spacial score (nSPS) is 16.9. The largest absolute Gasteiger partial charge is 0.492 e. The zero-order chi connectivity index (χ0) is 38.4. The third kappa shape index (κ3) is 7.90. The van der Waals surface area contributed by atoms with Crippen LogP contribution in [0.5, 0.6) is 17.2 Å². The Morgan fingerprint density at radius 3 is 2.10 bits per heavy atom. The molecule has 0 bridgehead atoms. The fraction of sp³-hybridized carbons (Fsp3) is 0.524. The molecule has 0 aromatic heterocycles. The number of ether oxygens (including phenoxy) is 4. The maximum atomic E-state index is 14.8. The Balaban J connectivity index is 1.40. The number of ketones is 1. The second kappa shape index (κ2) is 14.4. The van der Waals surface area contributed by atoms with Crippen LogP contribution in [0.25, 0.3) is 11.1 Å². The molecule has 0 amide bonds. The molecule has 1 unspecified atom stereocenters. The zero-order valence-corrected chi connectivity index (χ0v) is 35.5. The van der Waals surface area contributed by atoms with Gasteiger partial charge in [0, 0.05) is 17.5 Å². The highest BCUT2D eigenvalue weighted by Crippen LogP contribution is 2.46. The van der Waals surface area contributed by atoms with Crippen molar-refractivity contribution in [3.05, 3.63) is 76.3 Å². The predicted octanol–water partition coefficient (Wildman–Crippen LogP) is 9.95. The molecular weight excluding hydrogens is 689 g/mol. The molecule has 1 atom stereocenters. The quantitative estimate of drug-likeness (QED) is 0.134. The van der Waals surface area contributed by atoms with Crippen molar-refractivity contribution in [2.75, 3.05) is 26.9 Å². The van der Waals surface area contributed by atoms with Crippen molar-refractivity contribution in [3.63, 3.8) is 0 Å². The molecule has 8 nitrogen and oxygen atoms in total. The number of benzene rings is 3. The van der Waals surface area contributed by atoms with Crippen molar-refractivity contribution in [3.8, 4) is 28.4 Å². The fourth-order valence-electron chi connectivity index (χ4n) is 6.28. The van der Waals surface area contributed by atoms with E-state index in [0.29, 0.717) is 30.3 Å². The molecule has 0 radical (unpaired) electrons. The highest BCUT2D eigenvalue weighted by Gasteiger charge is 2.53. The summed E-state index contributed by atoms with van der Waals surface area (Å²) >= 11 is 0. The van der Waals surface area contributed by atoms with E-state index in [1.54, 1.807) is 0 Å². The summed E-state index contributed by atoms with van der Waals surface area (Å²) in [5, 5.41) is -0.0546. The van der Waals surface area contributed by atoms with Gasteiger partial charge in [-0.05, 0) is 96.1 Å². The van der Waals surface area contributed by atoms with Crippen LogP contribution < -0.4 is 14.2 Å². The molecule has 282 valence electrons. The summed E-state index contributed by atoms with van der Waals surface area (Å²) in [5.74, 6) is 1.66. The van der Waals surface area contributed by atoms with E-state index in [9.17, 15) is 9.59 Å². The van der Waals surface area contributed by atoms with Gasteiger partial charge in [0.25, 0.3) is 0 Å². The van der Waals surface area contributed by atoms with Gasteiger partial charge in [0.2, 0.25) is 11.4 Å². The third-order valence-electron chi connectivity index (χ3n) is 11.8. The number of methoxy groups -OCH3 is 1. The lowest BCUT2D eigenvalue weighted by Crippen LogP contribution is -2.56. The van der Waals surface area contributed by atoms with Crippen molar-refractivity contribution in [1.29, 1.82) is 0 Å². The Kier molecular flexibility index (Phi) is 11.0. The molecule has 0 saturated carbocycles. The molecular formula is C42H58O8Si2. The maximum Gasteiger partial charge on any atom is 0.306 e. The molecule has 5 rings (SSSR count). The molecule has 0 spiro atoms. The van der Waals surface area contributed by atoms with Gasteiger partial charge >= 0.3 is 5.97 Å². The van der Waals surface area contributed by atoms with Crippen LogP contribution in [-0.4, -0.2) is 60.9 Å². The topological polar surface area (TPSA) is 89.5 Å². The van der Waals surface area contributed by atoms with Gasteiger partial charge in [0.15, 0.2) is 16.6 Å². The molecule has 0 N–H and O–H groups in total. The molecule has 2 aliphatic rings. The van der Waals surface area contributed by atoms with Crippen molar-refractivity contribution < 1.29 is 37.4 Å². The second-order valence-electron chi connectivity index (χ2n) is 17.6. The maximum absolute atomic E-state index is 14.8. The molecule has 0 fully saturated rings. The minimum absolute atomic E-state index is 0.0242. The zero-order valence-electron chi connectivity index (χ0n) is 33.5. The Morgan fingerprint density at radius 2 is 1.50 bits per heavy atom. The molecule has 2 aliphatic heterocycles. The van der Waals surface area contributed by atoms with E-state index in [0.717, 1.165) is 39.1 Å². The Hall–Kier alpha value is -3.45. The SMILES string of the molecule is COC(=O)CC1COc2cc(OCc3cccc(-c4c(C)cc5c(c4C)C(=O)C(CO[Si](C)(C)C(C)(C)C)(CO[Si](C)(C)C(C)(C)C)O5)c3)ccc21. The van der Waals surface area contributed by atoms with E-state index in [1.165, 1.54) is 7.11 Å². The standard InChI is InChI=1S/C42H58O8Si2/c1-27-19-35-38(39(44)42(50-35,25-48-51(10,11)40(3,4)5)26-49-52(12,13)41(6,7)8)28(2)37(27)30-16-14-15-29(20-30)23-46-32-17-18-33-31(21-36(43)45-9)24-47-34(33)22-32/h14-20,22,31H,21,23-26H2,1-13H3. The van der Waals surface area contributed by atoms with Gasteiger partial charge in [-0.2, -0.15) is 0 Å². The van der Waals surface area contributed by atoms with Crippen LogP contribution in [0.1, 0.15) is 86.5 Å². The van der Waals surface area contributed by atoms with Crippen LogP contribution in [0.2, 0.25) is 36.3 Å². The number of Topliss-reactive ketones (excluding diaryl/α,β-unsaturated/α-hetero) is 1. The van der Waals surface area contributed by atoms with E-state index >= 15 is 0 Å². The first-order valence-corrected chi connectivity index (χ1v) is 24.1. The Bertz CT molecular complexity index is 1800. The lowest BCUT2D eigenvalue weighted by Gasteiger charge is -2.41. The van der Waals surface area contributed by atoms with E-state index in [-0.39, 0.29) is 47.4 Å². The minimum Gasteiger partial charge on any atom is -0.492 e. The number of hydrogen-bond acceptors (Lipinski definition) is 8. The van der Waals surface area contributed by atoms with Gasteiger partial charge in [0.05, 0.1) is 38.9 Å². The van der Waals surface area contributed by atoms with Gasteiger partial charge in [-0.1, -0.05) is 65.8 Å². The highest BCUT2D eigenvalue weighted by atomic mass is 28.4. The summed E-state index contributed by atoms with van der Waals surface area (Å²) in [6, 6.07) is 16.0. The van der Waals surface area contributed by atoms with Crippen LogP contribution in [0.4, 0.5) is 0 Å². The van der Waals surface area contributed by atoms with Crippen LogP contribution in [0, 0.1) is 13.8 Å². The third-order valence-corrected chi connectivity index (χ3v) is 20.7. The summed E-state index contributed by atoms with van der Waals surface area (Å²) in [4.78, 5) is 26.6. The first-order chi connectivity index (χ1) is 24.1. The van der Waals surface area contributed by atoms with Crippen molar-refractivity contribution in [2.24, 2.45) is 0 Å². The first-order valence-electron chi connectivity index (χ1n) is 18.3. The Morgan fingerprint density at radius 1 is 0.865 bits per heavy atom. The highest BCUT2D eigenvalue weighted by molar-refractivity contribution is 6.74. The number of esters is 1. The van der Waals surface area contributed by atoms with Gasteiger partial charge in [-0.15, -0.1) is 0 Å². The number of carbonyl (C=O) groups is 2. The minimum atomic E-state index is -2.22. The average Bonchev–Trinajstić information content (AvgIpc) is 3.58. The lowest BCUT2D eigenvalue weighted by molar-refractivity contribution is -0.141. The van der Waals surface area contributed by atoms with Crippen molar-refractivity contribution in [2.45, 2.75) is 116 Å². The molecule has 52 heavy (non-hydrogen) atoms. The number of fused-ring (bicyclic) bond motifs is 2. The van der Waals surface area contributed by atoms with Crippen LogP contribution >= 0.6 is 0 Å². The number of aryl methyl sites for hydroxylation is 1. The molecule has 3 aromatic carbocycles. The van der Waals surface area contributed by atoms with E-state index in [2.05, 4.69) is 86.8 Å². The molecule has 0 saturated heterocycles. The molecule has 3 aromatic rings. The molecule has 2 heterocycles. The monoisotopic (exact) mass is 746 g/mol. The van der Waals surface area contributed by atoms with Gasteiger partial charge in [-0.25, -0.2) is 0 Å². The summed E-state index contributed by atoms with van der Waals surface area (Å²) in [6.07, 6.45) is 0.284. The van der Waals surface area contributed by atoms with Gasteiger partial charge in [0.1, 0.15) is 23.9 Å². The van der Waals surface area contributed by atoms with E-state index in [1.807, 2.05) is 43.3 Å². The molecule has 0 aliphatic carbocycles. The predicted molar refractivity (Wildman–Crippen MR) is 211 cm³/mol. The van der Waals surface area contributed by atoms with E-state index < -0.39 is 22.2 Å². The second-order valence-corrected chi connectivity index (χ2v) is 27.2. The number of rotatable bonds is 12. The van der Waals surface area contributed by atoms with Crippen molar-refractivity contribution >= 4 is 28.4 Å². The fourth-order valence-corrected chi connectivity index (χ4v) is 8.33. The van der Waals surface area contributed by atoms with Crippen molar-refractivity contribution in [1.82, 2.24) is 0 Å². The Labute approximate surface area is 312 Å². The summed E-state index contributed by atoms with van der Waals surface area (Å²) in [6.45, 7) is 27.2. The average molecular weight is 747 g/mol. The van der Waals surface area contributed by atoms with E-state index in [4.69, 9.17) is 27.8 Å². The summed E-state index contributed by atoms with van der Waals surface area (Å²) < 4.78 is 37.1. The smallest absolute Gasteiger partial charge is 0.306 e. The van der Waals surface area contributed by atoms with Crippen LogP contribution in [0.3, 0.4) is 0 Å². The molecule has 10 heteroatoms. The first kappa shape index (κ1) is 39.8. The van der Waals surface area contributed by atoms with Crippen LogP contribution in [0.15, 0.2) is 48.5 Å². The lowest BCUT2D eigenvalue weighted by atomic mass is 9.87. The van der Waals surface area contributed by atoms with Gasteiger partial charge in [-0.3, -0.25) is 9.59 Å². The van der Waals surface area contributed by atoms with Gasteiger partial charge < -0.3 is 27.8 Å². The number of carbonyl (C=O) groups excluding carboxylic acids is 2. The summed E-state index contributed by atoms with van der Waals surface area (Å²) in [7, 11) is -3.04.